The Morgan fingerprint density at radius 2 is 1.61 bits per heavy atom. The largest absolute Gasteiger partial charge is 0.472 e. The van der Waals surface area contributed by atoms with Crippen LogP contribution in [0.3, 0.4) is 0 Å². The Hall–Kier alpha value is -2.52. The van der Waals surface area contributed by atoms with E-state index in [1.165, 1.54) is 120 Å². The number of aliphatic hydroxyl groups excluding tert-OH is 2. The van der Waals surface area contributed by atoms with Crippen molar-refractivity contribution in [3.63, 3.8) is 0 Å². The minimum absolute atomic E-state index is 0.192. The molecule has 3 aromatic heterocycles. The summed E-state index contributed by atoms with van der Waals surface area (Å²) in [5, 5.41) is 26.9. The molecule has 16 heteroatoms. The van der Waals surface area contributed by atoms with Gasteiger partial charge in [-0.05, 0) is 30.2 Å². The van der Waals surface area contributed by atoms with Crippen LogP contribution in [0.5, 0.6) is 0 Å². The average Bonchev–Trinajstić information content (AvgIpc) is 3.72. The summed E-state index contributed by atoms with van der Waals surface area (Å²) in [6.07, 6.45) is 23.3. The predicted molar refractivity (Wildman–Crippen MR) is 219 cm³/mol. The summed E-state index contributed by atoms with van der Waals surface area (Å²) in [6, 6.07) is 5.06. The first kappa shape index (κ1) is 46.2. The lowest BCUT2D eigenvalue weighted by molar-refractivity contribution is -0.0655. The van der Waals surface area contributed by atoms with E-state index in [1.54, 1.807) is 24.4 Å². The number of halogens is 1. The van der Waals surface area contributed by atoms with E-state index >= 15 is 0 Å². The lowest BCUT2D eigenvalue weighted by Crippen LogP contribution is -2.48. The summed E-state index contributed by atoms with van der Waals surface area (Å²) < 4.78 is 37.8. The molecule has 1 unspecified atom stereocenters. The van der Waals surface area contributed by atoms with Gasteiger partial charge in [0.1, 0.15) is 30.2 Å². The van der Waals surface area contributed by atoms with Crippen LogP contribution in [0.4, 0.5) is 5.82 Å². The maximum Gasteiger partial charge on any atom is 0.472 e. The second kappa shape index (κ2) is 24.4. The molecule has 314 valence electrons. The van der Waals surface area contributed by atoms with Gasteiger partial charge in [0.25, 0.3) is 0 Å². The van der Waals surface area contributed by atoms with Gasteiger partial charge in [-0.1, -0.05) is 128 Å². The highest BCUT2D eigenvalue weighted by molar-refractivity contribution is 7.47. The number of aliphatic hydroxyl groups is 2. The van der Waals surface area contributed by atoms with Gasteiger partial charge in [-0.25, -0.2) is 14.1 Å². The van der Waals surface area contributed by atoms with Crippen LogP contribution in [0.1, 0.15) is 140 Å². The topological polar surface area (TPSA) is 196 Å². The van der Waals surface area contributed by atoms with E-state index in [0.29, 0.717) is 22.7 Å². The molecule has 1 aliphatic heterocycles. The number of phosphoric acid groups is 1. The molecule has 14 nitrogen and oxygen atoms in total. The second-order valence-electron chi connectivity index (χ2n) is 14.9. The monoisotopic (exact) mass is 822 g/mol. The zero-order valence-electron chi connectivity index (χ0n) is 33.2. The zero-order chi connectivity index (χ0) is 40.2. The number of fused-ring (bicyclic) bond motifs is 1. The highest BCUT2D eigenvalue weighted by Gasteiger charge is 2.55. The molecule has 1 fully saturated rings. The van der Waals surface area contributed by atoms with Crippen LogP contribution in [0, 0.1) is 0 Å². The lowest BCUT2D eigenvalue weighted by Gasteiger charge is -2.28. The van der Waals surface area contributed by atoms with Gasteiger partial charge < -0.3 is 30.3 Å². The molecule has 3 aromatic rings. The molecule has 0 bridgehead atoms. The molecule has 0 amide bonds. The SMILES string of the molecule is CCCCCCCCCCCCCCCCCCC[C@H](COP(=O)(O)OC[C@@]1(C=NC)O[C@@H](c2ccc3c(N)ncnn23)[C@H](O)[C@@H]1O)OCc1cncc(Cl)c1. The van der Waals surface area contributed by atoms with Crippen LogP contribution >= 0.6 is 19.4 Å². The van der Waals surface area contributed by atoms with Gasteiger partial charge >= 0.3 is 7.82 Å². The molecule has 0 saturated carbocycles. The molecule has 56 heavy (non-hydrogen) atoms. The van der Waals surface area contributed by atoms with Gasteiger partial charge in [0.2, 0.25) is 0 Å². The van der Waals surface area contributed by atoms with Crippen LogP contribution in [0.2, 0.25) is 5.02 Å². The van der Waals surface area contributed by atoms with Gasteiger partial charge in [-0.2, -0.15) is 5.10 Å². The van der Waals surface area contributed by atoms with Crippen molar-refractivity contribution in [1.29, 1.82) is 0 Å². The number of hydrogen-bond donors (Lipinski definition) is 4. The number of anilines is 1. The summed E-state index contributed by atoms with van der Waals surface area (Å²) in [5.41, 5.74) is 5.81. The Morgan fingerprint density at radius 1 is 0.982 bits per heavy atom. The number of pyridine rings is 1. The number of aliphatic imine (C=N–C) groups is 1. The molecular formula is C40H64ClN6O8P. The average molecular weight is 823 g/mol. The smallest absolute Gasteiger partial charge is 0.387 e. The van der Waals surface area contributed by atoms with E-state index in [4.69, 9.17) is 35.9 Å². The molecule has 4 heterocycles. The fourth-order valence-electron chi connectivity index (χ4n) is 7.19. The van der Waals surface area contributed by atoms with Crippen molar-refractivity contribution in [3.05, 3.63) is 53.2 Å². The Balaban J connectivity index is 1.21. The third-order valence-electron chi connectivity index (χ3n) is 10.4. The van der Waals surface area contributed by atoms with Crippen molar-refractivity contribution < 1.29 is 38.2 Å². The number of rotatable bonds is 29. The summed E-state index contributed by atoms with van der Waals surface area (Å²) in [4.78, 5) is 22.8. The van der Waals surface area contributed by atoms with Gasteiger partial charge in [-0.15, -0.1) is 0 Å². The van der Waals surface area contributed by atoms with Crippen molar-refractivity contribution >= 4 is 37.0 Å². The minimum Gasteiger partial charge on any atom is -0.387 e. The molecule has 0 aliphatic carbocycles. The summed E-state index contributed by atoms with van der Waals surface area (Å²) in [5.74, 6) is 0.221. The lowest BCUT2D eigenvalue weighted by atomic mass is 9.96. The number of nitrogens with zero attached hydrogens (tertiary/aromatic N) is 5. The molecule has 5 N–H and O–H groups in total. The Labute approximate surface area is 337 Å². The molecule has 4 rings (SSSR count). The van der Waals surface area contributed by atoms with Crippen molar-refractivity contribution in [2.24, 2.45) is 4.99 Å². The van der Waals surface area contributed by atoms with E-state index in [1.807, 2.05) is 0 Å². The third-order valence-corrected chi connectivity index (χ3v) is 11.5. The number of nitrogen functional groups attached to an aromatic ring is 1. The normalized spacial score (nSPS) is 21.6. The second-order valence-corrected chi connectivity index (χ2v) is 16.8. The summed E-state index contributed by atoms with van der Waals surface area (Å²) in [7, 11) is -3.26. The molecule has 6 atom stereocenters. The van der Waals surface area contributed by atoms with Crippen molar-refractivity contribution in [2.75, 3.05) is 26.0 Å². The predicted octanol–water partition coefficient (Wildman–Crippen LogP) is 8.35. The first-order valence-corrected chi connectivity index (χ1v) is 22.3. The van der Waals surface area contributed by atoms with Gasteiger partial charge in [0, 0.05) is 25.7 Å². The third kappa shape index (κ3) is 14.7. The molecule has 1 aliphatic rings. The maximum atomic E-state index is 13.2. The van der Waals surface area contributed by atoms with E-state index in [9.17, 15) is 19.7 Å². The van der Waals surface area contributed by atoms with E-state index < -0.39 is 44.4 Å². The van der Waals surface area contributed by atoms with Crippen LogP contribution in [0.25, 0.3) is 5.52 Å². The molecule has 1 saturated heterocycles. The van der Waals surface area contributed by atoms with Crippen molar-refractivity contribution in [3.8, 4) is 0 Å². The Bertz CT molecular complexity index is 1650. The van der Waals surface area contributed by atoms with Crippen LogP contribution in [-0.2, 0) is 29.7 Å². The zero-order valence-corrected chi connectivity index (χ0v) is 34.9. The quantitative estimate of drug-likeness (QED) is 0.0297. The molecule has 0 spiro atoms. The van der Waals surface area contributed by atoms with Crippen LogP contribution in [-0.4, -0.2) is 85.1 Å². The number of phosphoric ester groups is 1. The number of unbranched alkanes of at least 4 members (excludes halogenated alkanes) is 16. The number of nitrogens with two attached hydrogens (primary N) is 1. The van der Waals surface area contributed by atoms with Gasteiger partial charge in [0.05, 0.1) is 36.6 Å². The van der Waals surface area contributed by atoms with Crippen LogP contribution < -0.4 is 5.73 Å². The number of ether oxygens (including phenoxy) is 2. The standard InChI is InChI=1S/C40H64ClN6O8P/c1-3-4-5-6-7-8-9-10-11-12-13-14-15-16-17-18-19-20-33(52-26-31-23-32(41)25-44-24-31)27-53-56(50,51)54-29-40(28-43-2)38(49)36(48)37(55-40)34-21-22-35-39(42)45-30-46-47(34)35/h21-25,28,30,33,36-38,48-49H,3-20,26-27,29H2,1-2H3,(H,50,51)(H2,42,45,46)/t33-,36+,37+,38+,40-/m1/s1. The first-order valence-electron chi connectivity index (χ1n) is 20.5. The van der Waals surface area contributed by atoms with Gasteiger partial charge in [0.15, 0.2) is 11.4 Å². The van der Waals surface area contributed by atoms with Gasteiger partial charge in [-0.3, -0.25) is 19.0 Å². The van der Waals surface area contributed by atoms with Crippen molar-refractivity contribution in [1.82, 2.24) is 19.6 Å². The van der Waals surface area contributed by atoms with E-state index in [0.717, 1.165) is 24.8 Å². The molecule has 0 aromatic carbocycles. The fraction of sp³-hybridized carbons (Fsp3) is 0.700. The highest BCUT2D eigenvalue weighted by Crippen LogP contribution is 2.47. The van der Waals surface area contributed by atoms with Crippen LogP contribution in [0.15, 0.2) is 41.9 Å². The fourth-order valence-corrected chi connectivity index (χ4v) is 8.18. The highest BCUT2D eigenvalue weighted by atomic mass is 35.5. The number of aromatic nitrogens is 4. The Kier molecular flexibility index (Phi) is 20.1. The summed E-state index contributed by atoms with van der Waals surface area (Å²) in [6.45, 7) is 1.59. The van der Waals surface area contributed by atoms with Crippen molar-refractivity contribution in [2.45, 2.75) is 159 Å². The molecule has 0 radical (unpaired) electrons. The summed E-state index contributed by atoms with van der Waals surface area (Å²) >= 11 is 6.11. The number of hydrogen-bond acceptors (Lipinski definition) is 12. The first-order chi connectivity index (χ1) is 27.1. The minimum atomic E-state index is -4.71. The van der Waals surface area contributed by atoms with E-state index in [-0.39, 0.29) is 19.0 Å². The van der Waals surface area contributed by atoms with E-state index in [2.05, 4.69) is 27.0 Å². The maximum absolute atomic E-state index is 13.2. The Morgan fingerprint density at radius 3 is 2.21 bits per heavy atom. The molecular weight excluding hydrogens is 759 g/mol.